The standard InChI is InChI=1S/C25H17F3N6O3/c26-25(27,28)21-10-11-33(31-21)15-22(35)30-29-13-17-14-34(18-7-2-1-3-8-18)32-23(17)19-12-16-6-4-5-9-20(16)37-24(19)36/h1-14H,15H2,(H,30,35)/b29-13+. The number of para-hydroxylation sites is 2. The van der Waals surface area contributed by atoms with Gasteiger partial charge in [0, 0.05) is 23.3 Å². The van der Waals surface area contributed by atoms with Gasteiger partial charge in [0.05, 0.1) is 17.5 Å². The van der Waals surface area contributed by atoms with Crippen molar-refractivity contribution in [3.05, 3.63) is 101 Å². The van der Waals surface area contributed by atoms with E-state index in [1.807, 2.05) is 36.4 Å². The zero-order valence-electron chi connectivity index (χ0n) is 18.9. The van der Waals surface area contributed by atoms with E-state index < -0.39 is 29.9 Å². The van der Waals surface area contributed by atoms with Gasteiger partial charge in [0.25, 0.3) is 5.91 Å². The van der Waals surface area contributed by atoms with E-state index in [0.717, 1.165) is 22.6 Å². The molecule has 3 heterocycles. The van der Waals surface area contributed by atoms with Crippen LogP contribution in [0, 0.1) is 0 Å². The average molecular weight is 506 g/mol. The van der Waals surface area contributed by atoms with Crippen molar-refractivity contribution in [2.75, 3.05) is 0 Å². The SMILES string of the molecule is O=C(Cn1ccc(C(F)(F)F)n1)N/N=C/c1cn(-c2ccccc2)nc1-c1cc2ccccc2oc1=O. The van der Waals surface area contributed by atoms with Crippen LogP contribution in [0.25, 0.3) is 27.9 Å². The summed E-state index contributed by atoms with van der Waals surface area (Å²) in [7, 11) is 0. The number of fused-ring (bicyclic) bond motifs is 1. The molecule has 5 rings (SSSR count). The molecule has 186 valence electrons. The van der Waals surface area contributed by atoms with E-state index in [0.29, 0.717) is 16.5 Å². The van der Waals surface area contributed by atoms with Crippen molar-refractivity contribution in [3.63, 3.8) is 0 Å². The van der Waals surface area contributed by atoms with Crippen molar-refractivity contribution in [1.29, 1.82) is 0 Å². The predicted molar refractivity (Wildman–Crippen MR) is 128 cm³/mol. The molecule has 0 bridgehead atoms. The highest BCUT2D eigenvalue weighted by atomic mass is 19.4. The van der Waals surface area contributed by atoms with Crippen LogP contribution in [0.2, 0.25) is 0 Å². The molecular formula is C25H17F3N6O3. The molecule has 9 nitrogen and oxygen atoms in total. The first kappa shape index (κ1) is 23.7. The van der Waals surface area contributed by atoms with Gasteiger partial charge in [-0.15, -0.1) is 0 Å². The molecule has 37 heavy (non-hydrogen) atoms. The third kappa shape index (κ3) is 5.17. The average Bonchev–Trinajstić information content (AvgIpc) is 3.52. The number of hydrogen-bond acceptors (Lipinski definition) is 6. The minimum absolute atomic E-state index is 0.192. The number of rotatable bonds is 6. The number of aromatic nitrogens is 4. The van der Waals surface area contributed by atoms with E-state index in [4.69, 9.17) is 4.42 Å². The summed E-state index contributed by atoms with van der Waals surface area (Å²) in [5, 5.41) is 12.5. The topological polar surface area (TPSA) is 107 Å². The van der Waals surface area contributed by atoms with Gasteiger partial charge in [-0.05, 0) is 30.3 Å². The molecule has 0 radical (unpaired) electrons. The lowest BCUT2D eigenvalue weighted by Gasteiger charge is -2.02. The first-order valence-electron chi connectivity index (χ1n) is 10.9. The number of hydrazone groups is 1. The van der Waals surface area contributed by atoms with Gasteiger partial charge >= 0.3 is 11.8 Å². The molecule has 0 saturated heterocycles. The molecule has 2 aromatic carbocycles. The molecule has 12 heteroatoms. The molecule has 0 atom stereocenters. The Bertz CT molecular complexity index is 1670. The summed E-state index contributed by atoms with van der Waals surface area (Å²) < 4.78 is 46.0. The van der Waals surface area contributed by atoms with E-state index in [-0.39, 0.29) is 11.3 Å². The maximum atomic E-state index is 12.8. The molecular weight excluding hydrogens is 489 g/mol. The molecule has 0 aliphatic carbocycles. The second-order valence-corrected chi connectivity index (χ2v) is 7.89. The number of benzene rings is 2. The fraction of sp³-hybridized carbons (Fsp3) is 0.0800. The lowest BCUT2D eigenvalue weighted by molar-refractivity contribution is -0.141. The molecule has 0 fully saturated rings. The third-order valence-electron chi connectivity index (χ3n) is 5.29. The highest BCUT2D eigenvalue weighted by Crippen LogP contribution is 2.27. The highest BCUT2D eigenvalue weighted by molar-refractivity contribution is 5.91. The zero-order valence-corrected chi connectivity index (χ0v) is 18.9. The Balaban J connectivity index is 1.43. The predicted octanol–water partition coefficient (Wildman–Crippen LogP) is 4.01. The molecule has 5 aromatic rings. The molecule has 0 unspecified atom stereocenters. The maximum absolute atomic E-state index is 12.8. The summed E-state index contributed by atoms with van der Waals surface area (Å²) in [6.45, 7) is -0.474. The lowest BCUT2D eigenvalue weighted by Crippen LogP contribution is -2.23. The summed E-state index contributed by atoms with van der Waals surface area (Å²) in [6.07, 6.45) is -0.644. The third-order valence-corrected chi connectivity index (χ3v) is 5.29. The van der Waals surface area contributed by atoms with E-state index >= 15 is 0 Å². The monoisotopic (exact) mass is 506 g/mol. The molecule has 0 spiro atoms. The van der Waals surface area contributed by atoms with Crippen LogP contribution in [0.4, 0.5) is 13.2 Å². The summed E-state index contributed by atoms with van der Waals surface area (Å²) >= 11 is 0. The molecule has 3 aromatic heterocycles. The van der Waals surface area contributed by atoms with Gasteiger partial charge in [0.2, 0.25) is 0 Å². The maximum Gasteiger partial charge on any atom is 0.435 e. The van der Waals surface area contributed by atoms with Crippen LogP contribution in [0.1, 0.15) is 11.3 Å². The van der Waals surface area contributed by atoms with Gasteiger partial charge in [-0.1, -0.05) is 36.4 Å². The number of carbonyl (C=O) groups excluding carboxylic acids is 1. The van der Waals surface area contributed by atoms with Gasteiger partial charge in [-0.3, -0.25) is 9.48 Å². The fourth-order valence-electron chi connectivity index (χ4n) is 3.59. The molecule has 0 aliphatic heterocycles. The minimum Gasteiger partial charge on any atom is -0.422 e. The van der Waals surface area contributed by atoms with Crippen molar-refractivity contribution in [2.45, 2.75) is 12.7 Å². The van der Waals surface area contributed by atoms with Crippen LogP contribution in [0.15, 0.2) is 93.4 Å². The Morgan fingerprint density at radius 2 is 1.81 bits per heavy atom. The summed E-state index contributed by atoms with van der Waals surface area (Å²) in [5.74, 6) is -0.699. The van der Waals surface area contributed by atoms with Gasteiger partial charge in [0.15, 0.2) is 5.69 Å². The number of carbonyl (C=O) groups is 1. The van der Waals surface area contributed by atoms with E-state index in [2.05, 4.69) is 20.7 Å². The first-order valence-corrected chi connectivity index (χ1v) is 10.9. The minimum atomic E-state index is -4.61. The number of nitrogens with zero attached hydrogens (tertiary/aromatic N) is 5. The number of halogens is 3. The summed E-state index contributed by atoms with van der Waals surface area (Å²) in [5.41, 5.74) is 2.54. The van der Waals surface area contributed by atoms with Gasteiger partial charge < -0.3 is 4.42 Å². The largest absolute Gasteiger partial charge is 0.435 e. The highest BCUT2D eigenvalue weighted by Gasteiger charge is 2.33. The Kier molecular flexibility index (Phi) is 6.14. The van der Waals surface area contributed by atoms with Crippen LogP contribution >= 0.6 is 0 Å². The van der Waals surface area contributed by atoms with Crippen LogP contribution in [-0.2, 0) is 17.5 Å². The molecule has 1 amide bonds. The Morgan fingerprint density at radius 1 is 1.05 bits per heavy atom. The van der Waals surface area contributed by atoms with Crippen LogP contribution in [0.3, 0.4) is 0 Å². The number of hydrogen-bond donors (Lipinski definition) is 1. The summed E-state index contributed by atoms with van der Waals surface area (Å²) in [6, 6.07) is 18.6. The fourth-order valence-corrected chi connectivity index (χ4v) is 3.59. The van der Waals surface area contributed by atoms with Crippen LogP contribution in [0.5, 0.6) is 0 Å². The van der Waals surface area contributed by atoms with Crippen LogP contribution in [-0.4, -0.2) is 31.7 Å². The first-order chi connectivity index (χ1) is 17.8. The molecule has 1 N–H and O–H groups in total. The second kappa shape index (κ2) is 9.57. The van der Waals surface area contributed by atoms with E-state index in [1.165, 1.54) is 6.21 Å². The van der Waals surface area contributed by atoms with E-state index in [9.17, 15) is 22.8 Å². The Labute approximate surface area is 206 Å². The lowest BCUT2D eigenvalue weighted by atomic mass is 10.1. The van der Waals surface area contributed by atoms with Crippen molar-refractivity contribution >= 4 is 23.1 Å². The van der Waals surface area contributed by atoms with Gasteiger partial charge in [0.1, 0.15) is 17.8 Å². The van der Waals surface area contributed by atoms with Gasteiger partial charge in [-0.25, -0.2) is 14.9 Å². The number of amides is 1. The smallest absolute Gasteiger partial charge is 0.422 e. The zero-order chi connectivity index (χ0) is 26.0. The molecule has 0 saturated carbocycles. The molecule has 0 aliphatic rings. The van der Waals surface area contributed by atoms with Gasteiger partial charge in [-0.2, -0.15) is 28.5 Å². The Hall–Kier alpha value is -5.00. The van der Waals surface area contributed by atoms with Crippen LogP contribution < -0.4 is 11.1 Å². The van der Waals surface area contributed by atoms with Crippen molar-refractivity contribution in [3.8, 4) is 16.9 Å². The van der Waals surface area contributed by atoms with E-state index in [1.54, 1.807) is 35.1 Å². The summed E-state index contributed by atoms with van der Waals surface area (Å²) in [4.78, 5) is 25.0. The Morgan fingerprint density at radius 3 is 2.57 bits per heavy atom. The number of alkyl halides is 3. The number of nitrogens with one attached hydrogen (secondary N) is 1. The van der Waals surface area contributed by atoms with Crippen molar-refractivity contribution in [1.82, 2.24) is 25.0 Å². The second-order valence-electron chi connectivity index (χ2n) is 7.89. The van der Waals surface area contributed by atoms with Crippen molar-refractivity contribution in [2.24, 2.45) is 5.10 Å². The van der Waals surface area contributed by atoms with Crippen molar-refractivity contribution < 1.29 is 22.4 Å². The quantitative estimate of drug-likeness (QED) is 0.213. The normalized spacial score (nSPS) is 11.9.